The number of rotatable bonds is 5. The van der Waals surface area contributed by atoms with Gasteiger partial charge in [-0.1, -0.05) is 38.1 Å². The van der Waals surface area contributed by atoms with Gasteiger partial charge in [0.1, 0.15) is 5.01 Å². The Balaban J connectivity index is 2.18. The molecule has 0 saturated carbocycles. The molecular formula is C15H18N2OS. The maximum Gasteiger partial charge on any atom is 0.224 e. The van der Waals surface area contributed by atoms with Crippen molar-refractivity contribution < 1.29 is 4.79 Å². The fourth-order valence-corrected chi connectivity index (χ4v) is 2.70. The highest BCUT2D eigenvalue weighted by molar-refractivity contribution is 7.10. The van der Waals surface area contributed by atoms with E-state index in [1.807, 2.05) is 5.38 Å². The molecule has 4 heteroatoms. The van der Waals surface area contributed by atoms with Crippen LogP contribution < -0.4 is 5.73 Å². The molecule has 1 heterocycles. The lowest BCUT2D eigenvalue weighted by Crippen LogP contribution is -2.13. The molecule has 1 unspecified atom stereocenters. The minimum absolute atomic E-state index is 0.218. The first kappa shape index (κ1) is 13.7. The lowest BCUT2D eigenvalue weighted by Gasteiger charge is -2.08. The second-order valence-electron chi connectivity index (χ2n) is 4.70. The highest BCUT2D eigenvalue weighted by Crippen LogP contribution is 2.25. The van der Waals surface area contributed by atoms with Crippen molar-refractivity contribution in [2.24, 2.45) is 5.73 Å². The fraction of sp³-hybridized carbons (Fsp3) is 0.333. The predicted octanol–water partition coefficient (Wildman–Crippen LogP) is 3.35. The van der Waals surface area contributed by atoms with E-state index in [0.717, 1.165) is 22.7 Å². The van der Waals surface area contributed by atoms with Crippen LogP contribution in [0.3, 0.4) is 0 Å². The van der Waals surface area contributed by atoms with Crippen LogP contribution in [0.5, 0.6) is 0 Å². The molecule has 0 fully saturated rings. The molecule has 2 N–H and O–H groups in total. The van der Waals surface area contributed by atoms with Crippen LogP contribution in [-0.2, 0) is 11.2 Å². The third kappa shape index (κ3) is 3.41. The van der Waals surface area contributed by atoms with Crippen LogP contribution in [0.1, 0.15) is 36.8 Å². The number of nitrogens with two attached hydrogens (primary N) is 1. The number of carbonyl (C=O) groups is 1. The number of amides is 1. The molecule has 0 aliphatic carbocycles. The zero-order valence-electron chi connectivity index (χ0n) is 11.2. The van der Waals surface area contributed by atoms with Gasteiger partial charge < -0.3 is 5.73 Å². The summed E-state index contributed by atoms with van der Waals surface area (Å²) in [5.74, 6) is 0.239. The molecule has 2 rings (SSSR count). The summed E-state index contributed by atoms with van der Waals surface area (Å²) in [6, 6.07) is 8.47. The second kappa shape index (κ2) is 5.97. The number of benzene rings is 1. The van der Waals surface area contributed by atoms with E-state index in [-0.39, 0.29) is 12.3 Å². The van der Waals surface area contributed by atoms with Gasteiger partial charge in [-0.3, -0.25) is 4.79 Å². The summed E-state index contributed by atoms with van der Waals surface area (Å²) < 4.78 is 0. The van der Waals surface area contributed by atoms with Crippen molar-refractivity contribution in [2.45, 2.75) is 32.6 Å². The molecule has 100 valence electrons. The van der Waals surface area contributed by atoms with E-state index in [1.165, 1.54) is 16.9 Å². The highest BCUT2D eigenvalue weighted by Gasteiger charge is 2.08. The molecule has 0 radical (unpaired) electrons. The Kier molecular flexibility index (Phi) is 4.32. The van der Waals surface area contributed by atoms with Gasteiger partial charge in [0.05, 0.1) is 12.1 Å². The molecule has 1 atom stereocenters. The van der Waals surface area contributed by atoms with Gasteiger partial charge in [0.2, 0.25) is 5.91 Å². The van der Waals surface area contributed by atoms with Crippen molar-refractivity contribution in [3.8, 4) is 11.3 Å². The van der Waals surface area contributed by atoms with Gasteiger partial charge in [0.25, 0.3) is 0 Å². The molecule has 1 aromatic heterocycles. The maximum absolute atomic E-state index is 10.9. The Labute approximate surface area is 117 Å². The highest BCUT2D eigenvalue weighted by atomic mass is 32.1. The number of carbonyl (C=O) groups excluding carboxylic acids is 1. The number of primary amides is 1. The van der Waals surface area contributed by atoms with Gasteiger partial charge in [-0.25, -0.2) is 4.98 Å². The summed E-state index contributed by atoms with van der Waals surface area (Å²) in [4.78, 5) is 15.3. The Morgan fingerprint density at radius 2 is 2.05 bits per heavy atom. The van der Waals surface area contributed by atoms with Crippen LogP contribution in [0.15, 0.2) is 29.6 Å². The first-order chi connectivity index (χ1) is 9.10. The zero-order chi connectivity index (χ0) is 13.8. The molecular weight excluding hydrogens is 256 g/mol. The van der Waals surface area contributed by atoms with Crippen molar-refractivity contribution in [2.75, 3.05) is 0 Å². The van der Waals surface area contributed by atoms with Gasteiger partial charge in [-0.2, -0.15) is 0 Å². The monoisotopic (exact) mass is 274 g/mol. The van der Waals surface area contributed by atoms with Crippen molar-refractivity contribution in [3.05, 3.63) is 40.2 Å². The van der Waals surface area contributed by atoms with Gasteiger partial charge in [0.15, 0.2) is 0 Å². The van der Waals surface area contributed by atoms with Crippen LogP contribution in [0.25, 0.3) is 11.3 Å². The number of nitrogens with zero attached hydrogens (tertiary/aromatic N) is 1. The minimum Gasteiger partial charge on any atom is -0.369 e. The minimum atomic E-state index is -0.340. The molecule has 1 aromatic carbocycles. The predicted molar refractivity (Wildman–Crippen MR) is 79.2 cm³/mol. The summed E-state index contributed by atoms with van der Waals surface area (Å²) >= 11 is 1.48. The molecule has 1 amide bonds. The third-order valence-electron chi connectivity index (χ3n) is 3.27. The van der Waals surface area contributed by atoms with Crippen LogP contribution >= 0.6 is 11.3 Å². The Morgan fingerprint density at radius 3 is 2.63 bits per heavy atom. The zero-order valence-corrected chi connectivity index (χ0v) is 12.0. The molecule has 0 spiro atoms. The topological polar surface area (TPSA) is 56.0 Å². The van der Waals surface area contributed by atoms with Gasteiger partial charge in [0, 0.05) is 10.9 Å². The van der Waals surface area contributed by atoms with Crippen LogP contribution in [0.4, 0.5) is 0 Å². The van der Waals surface area contributed by atoms with Crippen molar-refractivity contribution in [3.63, 3.8) is 0 Å². The van der Waals surface area contributed by atoms with Gasteiger partial charge >= 0.3 is 0 Å². The number of thiazole rings is 1. The quantitative estimate of drug-likeness (QED) is 0.909. The summed E-state index contributed by atoms with van der Waals surface area (Å²) in [6.07, 6.45) is 1.36. The average Bonchev–Trinajstić information content (AvgIpc) is 2.85. The second-order valence-corrected chi connectivity index (χ2v) is 5.64. The smallest absolute Gasteiger partial charge is 0.224 e. The number of aromatic nitrogens is 1. The molecule has 2 aromatic rings. The normalized spacial score (nSPS) is 12.3. The van der Waals surface area contributed by atoms with Crippen molar-refractivity contribution >= 4 is 17.2 Å². The van der Waals surface area contributed by atoms with Gasteiger partial charge in [-0.15, -0.1) is 11.3 Å². The van der Waals surface area contributed by atoms with E-state index in [9.17, 15) is 4.79 Å². The molecule has 0 saturated heterocycles. The standard InChI is InChI=1S/C15H18N2OS/c1-3-10(2)11-4-6-12(7-5-11)13-9-19-15(17-13)8-14(16)18/h4-7,9-10H,3,8H2,1-2H3,(H2,16,18). The van der Waals surface area contributed by atoms with Crippen LogP contribution in [-0.4, -0.2) is 10.9 Å². The lowest BCUT2D eigenvalue weighted by molar-refractivity contribution is -0.117. The van der Waals surface area contributed by atoms with E-state index < -0.39 is 0 Å². The average molecular weight is 274 g/mol. The maximum atomic E-state index is 10.9. The first-order valence-corrected chi connectivity index (χ1v) is 7.31. The van der Waals surface area contributed by atoms with Gasteiger partial charge in [-0.05, 0) is 17.9 Å². The summed E-state index contributed by atoms with van der Waals surface area (Å²) in [5.41, 5.74) is 8.51. The summed E-state index contributed by atoms with van der Waals surface area (Å²) in [6.45, 7) is 4.41. The number of hydrogen-bond acceptors (Lipinski definition) is 3. The lowest BCUT2D eigenvalue weighted by atomic mass is 9.97. The van der Waals surface area contributed by atoms with E-state index in [2.05, 4.69) is 43.1 Å². The van der Waals surface area contributed by atoms with Crippen molar-refractivity contribution in [1.82, 2.24) is 4.98 Å². The third-order valence-corrected chi connectivity index (χ3v) is 4.11. The van der Waals surface area contributed by atoms with E-state index in [4.69, 9.17) is 5.73 Å². The fourth-order valence-electron chi connectivity index (χ4n) is 1.89. The Bertz CT molecular complexity index is 560. The van der Waals surface area contributed by atoms with Crippen LogP contribution in [0.2, 0.25) is 0 Å². The Morgan fingerprint density at radius 1 is 1.37 bits per heavy atom. The molecule has 19 heavy (non-hydrogen) atoms. The van der Waals surface area contributed by atoms with E-state index in [1.54, 1.807) is 0 Å². The van der Waals surface area contributed by atoms with E-state index in [0.29, 0.717) is 5.92 Å². The van der Waals surface area contributed by atoms with Crippen LogP contribution in [0, 0.1) is 0 Å². The molecule has 0 aliphatic heterocycles. The summed E-state index contributed by atoms with van der Waals surface area (Å²) in [7, 11) is 0. The first-order valence-electron chi connectivity index (χ1n) is 6.43. The largest absolute Gasteiger partial charge is 0.369 e. The molecule has 0 aliphatic rings. The van der Waals surface area contributed by atoms with Crippen molar-refractivity contribution in [1.29, 1.82) is 0 Å². The number of hydrogen-bond donors (Lipinski definition) is 1. The Hall–Kier alpha value is -1.68. The summed E-state index contributed by atoms with van der Waals surface area (Å²) in [5, 5.41) is 2.74. The van der Waals surface area contributed by atoms with E-state index >= 15 is 0 Å². The SMILES string of the molecule is CCC(C)c1ccc(-c2csc(CC(N)=O)n2)cc1. The molecule has 0 bridgehead atoms. The molecule has 3 nitrogen and oxygen atoms in total.